The fourth-order valence-corrected chi connectivity index (χ4v) is 2.92. The van der Waals surface area contributed by atoms with E-state index in [1.807, 2.05) is 19.0 Å². The maximum absolute atomic E-state index is 12.2. The molecule has 2 unspecified atom stereocenters. The highest BCUT2D eigenvalue weighted by Gasteiger charge is 2.33. The van der Waals surface area contributed by atoms with Crippen LogP contribution in [0.15, 0.2) is 0 Å². The van der Waals surface area contributed by atoms with Gasteiger partial charge < -0.3 is 10.2 Å². The molecule has 0 aromatic rings. The van der Waals surface area contributed by atoms with Gasteiger partial charge in [-0.15, -0.1) is 0 Å². The summed E-state index contributed by atoms with van der Waals surface area (Å²) < 4.78 is 0. The molecular weight excluding hydrogens is 226 g/mol. The molecule has 2 fully saturated rings. The monoisotopic (exact) mass is 253 g/mol. The fourth-order valence-electron chi connectivity index (χ4n) is 2.92. The maximum atomic E-state index is 12.2. The van der Waals surface area contributed by atoms with Crippen molar-refractivity contribution in [3.63, 3.8) is 0 Å². The summed E-state index contributed by atoms with van der Waals surface area (Å²) in [6.45, 7) is 3.89. The van der Waals surface area contributed by atoms with E-state index in [0.717, 1.165) is 6.54 Å². The van der Waals surface area contributed by atoms with Crippen LogP contribution in [0.5, 0.6) is 0 Å². The number of hydrogen-bond acceptors (Lipinski definition) is 3. The van der Waals surface area contributed by atoms with Gasteiger partial charge in [0, 0.05) is 25.2 Å². The predicted molar refractivity (Wildman–Crippen MR) is 73.5 cm³/mol. The number of likely N-dealkylation sites (tertiary alicyclic amines) is 1. The Morgan fingerprint density at radius 1 is 1.39 bits per heavy atom. The van der Waals surface area contributed by atoms with Gasteiger partial charge in [-0.3, -0.25) is 9.69 Å². The van der Waals surface area contributed by atoms with Gasteiger partial charge in [-0.05, 0) is 46.2 Å². The van der Waals surface area contributed by atoms with Crippen molar-refractivity contribution in [3.8, 4) is 0 Å². The third-order valence-corrected chi connectivity index (χ3v) is 4.52. The van der Waals surface area contributed by atoms with Crippen LogP contribution in [0, 0.1) is 0 Å². The van der Waals surface area contributed by atoms with Gasteiger partial charge in [-0.1, -0.05) is 6.42 Å². The van der Waals surface area contributed by atoms with Crippen LogP contribution < -0.4 is 5.32 Å². The highest BCUT2D eigenvalue weighted by atomic mass is 16.2. The van der Waals surface area contributed by atoms with E-state index in [-0.39, 0.29) is 0 Å². The van der Waals surface area contributed by atoms with Crippen LogP contribution in [-0.2, 0) is 4.79 Å². The van der Waals surface area contributed by atoms with Crippen molar-refractivity contribution in [2.24, 2.45) is 0 Å². The van der Waals surface area contributed by atoms with Gasteiger partial charge in [0.25, 0.3) is 0 Å². The minimum absolute atomic E-state index is 0.299. The van der Waals surface area contributed by atoms with Gasteiger partial charge in [0.05, 0.1) is 6.54 Å². The molecule has 2 rings (SSSR count). The van der Waals surface area contributed by atoms with Crippen molar-refractivity contribution in [2.75, 3.05) is 27.2 Å². The zero-order valence-electron chi connectivity index (χ0n) is 12.0. The molecule has 0 bridgehead atoms. The number of rotatable bonds is 5. The summed E-state index contributed by atoms with van der Waals surface area (Å²) in [5.41, 5.74) is 0. The number of likely N-dealkylation sites (N-methyl/N-ethyl adjacent to an activating group) is 2. The van der Waals surface area contributed by atoms with E-state index >= 15 is 0 Å². The molecule has 1 aliphatic carbocycles. The Hall–Kier alpha value is -0.610. The Balaban J connectivity index is 1.90. The molecule has 4 nitrogen and oxygen atoms in total. The molecule has 1 amide bonds. The summed E-state index contributed by atoms with van der Waals surface area (Å²) in [6, 6.07) is 1.51. The summed E-state index contributed by atoms with van der Waals surface area (Å²) in [5, 5.41) is 3.34. The first-order valence-electron chi connectivity index (χ1n) is 7.30. The number of hydrogen-bond donors (Lipinski definition) is 1. The van der Waals surface area contributed by atoms with E-state index < -0.39 is 0 Å². The van der Waals surface area contributed by atoms with Gasteiger partial charge in [0.2, 0.25) is 5.91 Å². The first-order valence-corrected chi connectivity index (χ1v) is 7.30. The van der Waals surface area contributed by atoms with Crippen molar-refractivity contribution in [2.45, 2.75) is 57.2 Å². The van der Waals surface area contributed by atoms with E-state index in [4.69, 9.17) is 0 Å². The van der Waals surface area contributed by atoms with Crippen molar-refractivity contribution in [3.05, 3.63) is 0 Å². The molecule has 0 aromatic carbocycles. The molecule has 1 saturated heterocycles. The molecule has 0 radical (unpaired) electrons. The second kappa shape index (κ2) is 6.02. The maximum Gasteiger partial charge on any atom is 0.236 e. The van der Waals surface area contributed by atoms with Crippen molar-refractivity contribution >= 4 is 5.91 Å². The van der Waals surface area contributed by atoms with Crippen molar-refractivity contribution < 1.29 is 4.79 Å². The zero-order chi connectivity index (χ0) is 13.1. The summed E-state index contributed by atoms with van der Waals surface area (Å²) in [4.78, 5) is 16.5. The minimum atomic E-state index is 0.299. The summed E-state index contributed by atoms with van der Waals surface area (Å²) in [6.07, 6.45) is 6.12. The Bertz CT molecular complexity index is 291. The SMILES string of the molecule is CNC(C)C1CCCCN1CC(=O)N(C)C1CC1. The Labute approximate surface area is 111 Å². The predicted octanol–water partition coefficient (Wildman–Crippen LogP) is 1.07. The van der Waals surface area contributed by atoms with Crippen LogP contribution in [0.4, 0.5) is 0 Å². The lowest BCUT2D eigenvalue weighted by atomic mass is 9.96. The standard InChI is InChI=1S/C14H27N3O/c1-11(15-2)13-6-4-5-9-17(13)10-14(18)16(3)12-7-8-12/h11-13,15H,4-10H2,1-3H3. The number of carbonyl (C=O) groups excluding carboxylic acids is 1. The summed E-state index contributed by atoms with van der Waals surface area (Å²) >= 11 is 0. The summed E-state index contributed by atoms with van der Waals surface area (Å²) in [5.74, 6) is 0.299. The Morgan fingerprint density at radius 2 is 2.11 bits per heavy atom. The second-order valence-corrected chi connectivity index (χ2v) is 5.85. The molecule has 2 atom stereocenters. The van der Waals surface area contributed by atoms with Gasteiger partial charge in [-0.2, -0.15) is 0 Å². The molecule has 1 aliphatic heterocycles. The van der Waals surface area contributed by atoms with E-state index in [9.17, 15) is 4.79 Å². The minimum Gasteiger partial charge on any atom is -0.342 e. The third kappa shape index (κ3) is 3.23. The lowest BCUT2D eigenvalue weighted by Gasteiger charge is -2.39. The first kappa shape index (κ1) is 13.8. The molecule has 2 aliphatic rings. The van der Waals surface area contributed by atoms with Gasteiger partial charge in [0.1, 0.15) is 0 Å². The highest BCUT2D eigenvalue weighted by molar-refractivity contribution is 5.78. The van der Waals surface area contributed by atoms with E-state index in [0.29, 0.717) is 30.6 Å². The molecule has 1 saturated carbocycles. The summed E-state index contributed by atoms with van der Waals surface area (Å²) in [7, 11) is 3.97. The highest BCUT2D eigenvalue weighted by Crippen LogP contribution is 2.26. The topological polar surface area (TPSA) is 35.6 Å². The third-order valence-electron chi connectivity index (χ3n) is 4.52. The average molecular weight is 253 g/mol. The molecule has 1 heterocycles. The molecule has 0 aromatic heterocycles. The van der Waals surface area contributed by atoms with Crippen molar-refractivity contribution in [1.82, 2.24) is 15.1 Å². The number of carbonyl (C=O) groups is 1. The number of nitrogens with one attached hydrogen (secondary N) is 1. The molecule has 1 N–H and O–H groups in total. The smallest absolute Gasteiger partial charge is 0.236 e. The lowest BCUT2D eigenvalue weighted by Crippen LogP contribution is -2.53. The van der Waals surface area contributed by atoms with Crippen LogP contribution in [0.2, 0.25) is 0 Å². The quantitative estimate of drug-likeness (QED) is 0.796. The number of nitrogens with zero attached hydrogens (tertiary/aromatic N) is 2. The van der Waals surface area contributed by atoms with Gasteiger partial charge in [-0.25, -0.2) is 0 Å². The Morgan fingerprint density at radius 3 is 2.72 bits per heavy atom. The molecule has 0 spiro atoms. The fraction of sp³-hybridized carbons (Fsp3) is 0.929. The van der Waals surface area contributed by atoms with E-state index in [1.54, 1.807) is 0 Å². The van der Waals surface area contributed by atoms with Gasteiger partial charge >= 0.3 is 0 Å². The van der Waals surface area contributed by atoms with Crippen molar-refractivity contribution in [1.29, 1.82) is 0 Å². The number of piperidine rings is 1. The Kier molecular flexibility index (Phi) is 4.62. The van der Waals surface area contributed by atoms with Gasteiger partial charge in [0.15, 0.2) is 0 Å². The molecule has 4 heteroatoms. The largest absolute Gasteiger partial charge is 0.342 e. The van der Waals surface area contributed by atoms with E-state index in [1.165, 1.54) is 32.1 Å². The molecule has 18 heavy (non-hydrogen) atoms. The van der Waals surface area contributed by atoms with Crippen LogP contribution >= 0.6 is 0 Å². The van der Waals surface area contributed by atoms with Crippen LogP contribution in [0.25, 0.3) is 0 Å². The normalized spacial score (nSPS) is 26.9. The van der Waals surface area contributed by atoms with Crippen LogP contribution in [0.1, 0.15) is 39.0 Å². The van der Waals surface area contributed by atoms with E-state index in [2.05, 4.69) is 17.1 Å². The lowest BCUT2D eigenvalue weighted by molar-refractivity contribution is -0.132. The average Bonchev–Trinajstić information content (AvgIpc) is 3.22. The molecular formula is C14H27N3O. The zero-order valence-corrected chi connectivity index (χ0v) is 12.0. The first-order chi connectivity index (χ1) is 8.63. The van der Waals surface area contributed by atoms with Crippen LogP contribution in [0.3, 0.4) is 0 Å². The molecule has 104 valence electrons. The second-order valence-electron chi connectivity index (χ2n) is 5.85. The van der Waals surface area contributed by atoms with Crippen LogP contribution in [-0.4, -0.2) is 61.0 Å². The number of amides is 1.